The molecule has 2 aromatic carbocycles. The molecule has 0 unspecified atom stereocenters. The molecular weight excluding hydrogens is 338 g/mol. The van der Waals surface area contributed by atoms with Crippen LogP contribution < -0.4 is 4.74 Å². The van der Waals surface area contributed by atoms with Crippen molar-refractivity contribution in [1.82, 2.24) is 15.1 Å². The second-order valence-corrected chi connectivity index (χ2v) is 6.14. The van der Waals surface area contributed by atoms with Gasteiger partial charge in [0.2, 0.25) is 11.8 Å². The highest BCUT2D eigenvalue weighted by molar-refractivity contribution is 6.33. The van der Waals surface area contributed by atoms with Gasteiger partial charge in [-0.05, 0) is 43.8 Å². The van der Waals surface area contributed by atoms with Crippen LogP contribution in [0.5, 0.6) is 5.75 Å². The van der Waals surface area contributed by atoms with Crippen LogP contribution in [-0.4, -0.2) is 28.8 Å². The van der Waals surface area contributed by atoms with Gasteiger partial charge in [-0.15, -0.1) is 10.2 Å². The maximum Gasteiger partial charge on any atom is 0.249 e. The fourth-order valence-corrected chi connectivity index (χ4v) is 2.73. The van der Waals surface area contributed by atoms with E-state index in [4.69, 9.17) is 20.8 Å². The first-order valence-corrected chi connectivity index (χ1v) is 8.51. The first-order chi connectivity index (χ1) is 12.2. The molecule has 0 saturated heterocycles. The summed E-state index contributed by atoms with van der Waals surface area (Å²) in [5.41, 5.74) is 1.94. The molecule has 0 N–H and O–H groups in total. The highest BCUT2D eigenvalue weighted by atomic mass is 35.5. The van der Waals surface area contributed by atoms with Gasteiger partial charge in [-0.3, -0.25) is 4.90 Å². The van der Waals surface area contributed by atoms with Gasteiger partial charge in [0.05, 0.1) is 23.7 Å². The van der Waals surface area contributed by atoms with Crippen LogP contribution in [0.1, 0.15) is 18.4 Å². The van der Waals surface area contributed by atoms with Crippen LogP contribution in [0.4, 0.5) is 0 Å². The van der Waals surface area contributed by atoms with Gasteiger partial charge in [-0.25, -0.2) is 0 Å². The highest BCUT2D eigenvalue weighted by Crippen LogP contribution is 2.26. The van der Waals surface area contributed by atoms with Crippen LogP contribution in [0.15, 0.2) is 52.9 Å². The summed E-state index contributed by atoms with van der Waals surface area (Å²) in [4.78, 5) is 2.11. The summed E-state index contributed by atoms with van der Waals surface area (Å²) in [5, 5.41) is 8.81. The van der Waals surface area contributed by atoms with E-state index in [1.165, 1.54) is 5.56 Å². The summed E-state index contributed by atoms with van der Waals surface area (Å²) in [6.45, 7) is 3.98. The predicted octanol–water partition coefficient (Wildman–Crippen LogP) is 4.42. The molecule has 0 aliphatic rings. The maximum atomic E-state index is 6.17. The van der Waals surface area contributed by atoms with Gasteiger partial charge in [0.25, 0.3) is 0 Å². The Hall–Kier alpha value is -2.37. The Bertz CT molecular complexity index is 818. The van der Waals surface area contributed by atoms with E-state index in [0.717, 1.165) is 17.9 Å². The maximum absolute atomic E-state index is 6.17. The largest absolute Gasteiger partial charge is 0.494 e. The molecule has 0 spiro atoms. The second kappa shape index (κ2) is 8.14. The number of nitrogens with zero attached hydrogens (tertiary/aromatic N) is 3. The molecule has 0 amide bonds. The zero-order valence-corrected chi connectivity index (χ0v) is 15.0. The Morgan fingerprint density at radius 3 is 2.52 bits per heavy atom. The van der Waals surface area contributed by atoms with Gasteiger partial charge in [0, 0.05) is 6.54 Å². The molecule has 0 radical (unpaired) electrons. The molecular formula is C19H20ClN3O2. The normalized spacial score (nSPS) is 11.0. The average molecular weight is 358 g/mol. The summed E-state index contributed by atoms with van der Waals surface area (Å²) in [6.07, 6.45) is 0. The zero-order chi connectivity index (χ0) is 17.6. The molecule has 6 heteroatoms. The molecule has 0 atom stereocenters. The van der Waals surface area contributed by atoms with E-state index in [1.54, 1.807) is 6.07 Å². The number of rotatable bonds is 7. The van der Waals surface area contributed by atoms with Crippen molar-refractivity contribution < 1.29 is 9.15 Å². The fraction of sp³-hybridized carbons (Fsp3) is 0.263. The van der Waals surface area contributed by atoms with E-state index in [2.05, 4.69) is 27.2 Å². The molecule has 3 aromatic rings. The fourth-order valence-electron chi connectivity index (χ4n) is 2.52. The number of hydrogen-bond acceptors (Lipinski definition) is 5. The van der Waals surface area contributed by atoms with E-state index in [-0.39, 0.29) is 0 Å². The van der Waals surface area contributed by atoms with Crippen LogP contribution in [0.3, 0.4) is 0 Å². The molecule has 0 aliphatic carbocycles. The lowest BCUT2D eigenvalue weighted by Crippen LogP contribution is -2.17. The second-order valence-electron chi connectivity index (χ2n) is 5.73. The minimum absolute atomic E-state index is 0.440. The average Bonchev–Trinajstić information content (AvgIpc) is 3.05. The summed E-state index contributed by atoms with van der Waals surface area (Å²) in [5.74, 6) is 1.88. The first-order valence-electron chi connectivity index (χ1n) is 8.13. The molecule has 25 heavy (non-hydrogen) atoms. The highest BCUT2D eigenvalue weighted by Gasteiger charge is 2.13. The molecule has 5 nitrogen and oxygen atoms in total. The predicted molar refractivity (Wildman–Crippen MR) is 97.5 cm³/mol. The standard InChI is InChI=1S/C19H20ClN3O2/c1-3-24-15-10-8-14(9-11-15)12-23(2)13-18-21-22-19(25-18)16-6-4-5-7-17(16)20/h4-11H,3,12-13H2,1-2H3. The van der Waals surface area contributed by atoms with E-state index in [9.17, 15) is 0 Å². The van der Waals surface area contributed by atoms with Crippen LogP contribution in [-0.2, 0) is 13.1 Å². The molecule has 0 saturated carbocycles. The van der Waals surface area contributed by atoms with Crippen molar-refractivity contribution in [2.45, 2.75) is 20.0 Å². The molecule has 0 fully saturated rings. The Morgan fingerprint density at radius 1 is 1.04 bits per heavy atom. The van der Waals surface area contributed by atoms with Gasteiger partial charge >= 0.3 is 0 Å². The van der Waals surface area contributed by atoms with Crippen molar-refractivity contribution in [2.24, 2.45) is 0 Å². The third kappa shape index (κ3) is 4.59. The number of aromatic nitrogens is 2. The lowest BCUT2D eigenvalue weighted by Gasteiger charge is -2.14. The summed E-state index contributed by atoms with van der Waals surface area (Å²) in [7, 11) is 2.01. The van der Waals surface area contributed by atoms with Crippen LogP contribution in [0.2, 0.25) is 5.02 Å². The molecule has 0 aliphatic heterocycles. The number of halogens is 1. The molecule has 0 bridgehead atoms. The summed E-state index contributed by atoms with van der Waals surface area (Å²) >= 11 is 6.17. The molecule has 130 valence electrons. The first kappa shape index (κ1) is 17.5. The summed E-state index contributed by atoms with van der Waals surface area (Å²) < 4.78 is 11.2. The lowest BCUT2D eigenvalue weighted by molar-refractivity contribution is 0.282. The van der Waals surface area contributed by atoms with Crippen LogP contribution >= 0.6 is 11.6 Å². The van der Waals surface area contributed by atoms with Gasteiger partial charge in [-0.2, -0.15) is 0 Å². The number of benzene rings is 2. The van der Waals surface area contributed by atoms with Gasteiger partial charge in [0.1, 0.15) is 5.75 Å². The lowest BCUT2D eigenvalue weighted by atomic mass is 10.2. The topological polar surface area (TPSA) is 51.4 Å². The van der Waals surface area contributed by atoms with E-state index >= 15 is 0 Å². The quantitative estimate of drug-likeness (QED) is 0.626. The minimum Gasteiger partial charge on any atom is -0.494 e. The van der Waals surface area contributed by atoms with E-state index in [1.807, 2.05) is 44.3 Å². The molecule has 1 heterocycles. The van der Waals surface area contributed by atoms with Crippen molar-refractivity contribution >= 4 is 11.6 Å². The Morgan fingerprint density at radius 2 is 1.80 bits per heavy atom. The monoisotopic (exact) mass is 357 g/mol. The van der Waals surface area contributed by atoms with Gasteiger partial charge < -0.3 is 9.15 Å². The number of ether oxygens (including phenoxy) is 1. The zero-order valence-electron chi connectivity index (χ0n) is 14.3. The minimum atomic E-state index is 0.440. The molecule has 3 rings (SSSR count). The Labute approximate surface area is 152 Å². The molecule has 1 aromatic heterocycles. The van der Waals surface area contributed by atoms with Crippen molar-refractivity contribution in [3.8, 4) is 17.2 Å². The number of hydrogen-bond donors (Lipinski definition) is 0. The van der Waals surface area contributed by atoms with Gasteiger partial charge in [-0.1, -0.05) is 35.9 Å². The Kier molecular flexibility index (Phi) is 5.68. The van der Waals surface area contributed by atoms with E-state index < -0.39 is 0 Å². The van der Waals surface area contributed by atoms with Crippen molar-refractivity contribution in [1.29, 1.82) is 0 Å². The third-order valence-electron chi connectivity index (χ3n) is 3.66. The Balaban J connectivity index is 1.61. The van der Waals surface area contributed by atoms with Crippen molar-refractivity contribution in [3.05, 3.63) is 65.0 Å². The SMILES string of the molecule is CCOc1ccc(CN(C)Cc2nnc(-c3ccccc3Cl)o2)cc1. The van der Waals surface area contributed by atoms with Gasteiger partial charge in [0.15, 0.2) is 0 Å². The van der Waals surface area contributed by atoms with Crippen LogP contribution in [0, 0.1) is 0 Å². The third-order valence-corrected chi connectivity index (χ3v) is 3.99. The van der Waals surface area contributed by atoms with Crippen molar-refractivity contribution in [3.63, 3.8) is 0 Å². The summed E-state index contributed by atoms with van der Waals surface area (Å²) in [6, 6.07) is 15.5. The van der Waals surface area contributed by atoms with E-state index in [0.29, 0.717) is 30.0 Å². The van der Waals surface area contributed by atoms with Crippen molar-refractivity contribution in [2.75, 3.05) is 13.7 Å². The smallest absolute Gasteiger partial charge is 0.249 e. The van der Waals surface area contributed by atoms with Crippen LogP contribution in [0.25, 0.3) is 11.5 Å².